The van der Waals surface area contributed by atoms with Crippen LogP contribution in [0.15, 0.2) is 53.5 Å². The minimum atomic E-state index is -4.61. The lowest BCUT2D eigenvalue weighted by molar-refractivity contribution is -0.152. The number of carbonyl (C=O) groups is 2. The number of pyridine rings is 2. The Hall–Kier alpha value is -4.81. The third kappa shape index (κ3) is 6.56. The van der Waals surface area contributed by atoms with Gasteiger partial charge in [-0.15, -0.1) is 0 Å². The lowest BCUT2D eigenvalue weighted by Gasteiger charge is -2.38. The molecule has 0 spiro atoms. The molecule has 2 atom stereocenters. The fraction of sp³-hybridized carbons (Fsp3) is 0.353. The number of methoxy groups -OCH3 is 1. The minimum absolute atomic E-state index is 0.0569. The highest BCUT2D eigenvalue weighted by atomic mass is 19.4. The number of benzene rings is 2. The number of nitrogens with one attached hydrogen (secondary N) is 1. The van der Waals surface area contributed by atoms with Crippen molar-refractivity contribution >= 4 is 28.5 Å². The number of amides is 1. The number of hydrogen-bond acceptors (Lipinski definition) is 6. The molecule has 248 valence electrons. The maximum atomic E-state index is 15.3. The third-order valence-corrected chi connectivity index (χ3v) is 8.68. The molecule has 1 N–H and O–H groups in total. The van der Waals surface area contributed by atoms with Gasteiger partial charge in [-0.25, -0.2) is 13.6 Å². The number of fused-ring (bicyclic) bond motifs is 1. The summed E-state index contributed by atoms with van der Waals surface area (Å²) in [5.74, 6) is -4.93. The molecular formula is C34H33F5N4O4. The first-order valence-corrected chi connectivity index (χ1v) is 15.0. The average molecular weight is 657 g/mol. The first-order chi connectivity index (χ1) is 22.2. The van der Waals surface area contributed by atoms with E-state index >= 15 is 8.78 Å². The summed E-state index contributed by atoms with van der Waals surface area (Å²) in [6.45, 7) is 3.59. The van der Waals surface area contributed by atoms with Crippen LogP contribution in [0.25, 0.3) is 22.0 Å². The molecule has 0 unspecified atom stereocenters. The van der Waals surface area contributed by atoms with Gasteiger partial charge in [0.05, 0.1) is 18.2 Å². The van der Waals surface area contributed by atoms with Gasteiger partial charge in [0.2, 0.25) is 0 Å². The van der Waals surface area contributed by atoms with Crippen LogP contribution in [0.1, 0.15) is 46.4 Å². The fourth-order valence-corrected chi connectivity index (χ4v) is 6.23. The van der Waals surface area contributed by atoms with Gasteiger partial charge in [-0.05, 0) is 68.5 Å². The monoisotopic (exact) mass is 656 g/mol. The third-order valence-electron chi connectivity index (χ3n) is 8.68. The Morgan fingerprint density at radius 3 is 2.45 bits per heavy atom. The van der Waals surface area contributed by atoms with Crippen LogP contribution in [0, 0.1) is 25.5 Å². The van der Waals surface area contributed by atoms with Crippen LogP contribution in [0.5, 0.6) is 0 Å². The molecular weight excluding hydrogens is 623 g/mol. The number of aromatic nitrogens is 2. The number of piperidine rings is 1. The highest BCUT2D eigenvalue weighted by molar-refractivity contribution is 5.99. The molecule has 4 aromatic rings. The van der Waals surface area contributed by atoms with Crippen molar-refractivity contribution in [1.29, 1.82) is 0 Å². The van der Waals surface area contributed by atoms with Crippen molar-refractivity contribution in [3.8, 4) is 11.1 Å². The summed E-state index contributed by atoms with van der Waals surface area (Å²) < 4.78 is 77.8. The highest BCUT2D eigenvalue weighted by Crippen LogP contribution is 2.36. The number of aryl methyl sites for hydroxylation is 2. The van der Waals surface area contributed by atoms with Gasteiger partial charge in [-0.2, -0.15) is 13.2 Å². The van der Waals surface area contributed by atoms with E-state index in [0.29, 0.717) is 52.6 Å². The summed E-state index contributed by atoms with van der Waals surface area (Å²) in [5, 5.41) is 2.90. The normalized spacial score (nSPS) is 15.9. The van der Waals surface area contributed by atoms with E-state index in [4.69, 9.17) is 4.74 Å². The number of anilines is 1. The van der Waals surface area contributed by atoms with E-state index in [1.54, 1.807) is 37.5 Å². The molecule has 0 bridgehead atoms. The van der Waals surface area contributed by atoms with E-state index < -0.39 is 47.3 Å². The summed E-state index contributed by atoms with van der Waals surface area (Å²) in [4.78, 5) is 44.7. The SMILES string of the molecule is COC(=O)[C@H](Cc1ccc(-c2c(C)cc(C)n(C)c2=O)c2ncccc12)NC(=O)c1c(F)cc(N2CCCC[C@@H]2C(F)(F)F)cc1F. The molecule has 0 saturated carbocycles. The van der Waals surface area contributed by atoms with Crippen LogP contribution in [-0.2, 0) is 23.0 Å². The van der Waals surface area contributed by atoms with Gasteiger partial charge in [0.15, 0.2) is 0 Å². The standard InChI is InChI=1S/C34H33F5N4O4/c1-18-14-19(2)42(3)32(45)28(18)23-11-10-20(22-8-7-12-40-30(22)23)15-26(33(46)47-4)41-31(44)29-24(35)16-21(17-25(29)36)43-13-6-5-9-27(43)34(37,38)39/h7-8,10-12,14,16-17,26-27H,5-6,9,13,15H2,1-4H3,(H,41,44)/t26-,27+/m0/s1. The number of halogens is 5. The Labute approximate surface area is 267 Å². The van der Waals surface area contributed by atoms with E-state index in [-0.39, 0.29) is 30.6 Å². The Balaban J connectivity index is 1.47. The molecule has 2 aromatic carbocycles. The van der Waals surface area contributed by atoms with Crippen molar-refractivity contribution in [3.05, 3.63) is 93.0 Å². The highest BCUT2D eigenvalue weighted by Gasteiger charge is 2.45. The van der Waals surface area contributed by atoms with Gasteiger partial charge < -0.3 is 19.5 Å². The number of carbonyl (C=O) groups excluding carboxylic acids is 2. The zero-order valence-corrected chi connectivity index (χ0v) is 26.2. The van der Waals surface area contributed by atoms with Crippen LogP contribution in [-0.4, -0.2) is 53.3 Å². The molecule has 1 saturated heterocycles. The second-order valence-corrected chi connectivity index (χ2v) is 11.7. The van der Waals surface area contributed by atoms with E-state index in [1.807, 2.05) is 19.9 Å². The molecule has 1 aliphatic heterocycles. The zero-order valence-electron chi connectivity index (χ0n) is 26.2. The molecule has 3 heterocycles. The molecule has 8 nitrogen and oxygen atoms in total. The molecule has 1 aliphatic rings. The summed E-state index contributed by atoms with van der Waals surface area (Å²) in [7, 11) is 2.76. The fourth-order valence-electron chi connectivity index (χ4n) is 6.23. The van der Waals surface area contributed by atoms with Crippen molar-refractivity contribution in [2.75, 3.05) is 18.6 Å². The zero-order chi connectivity index (χ0) is 34.2. The molecule has 1 fully saturated rings. The van der Waals surface area contributed by atoms with Crippen LogP contribution < -0.4 is 15.8 Å². The lowest BCUT2D eigenvalue weighted by atomic mass is 9.93. The number of esters is 1. The first-order valence-electron chi connectivity index (χ1n) is 15.0. The Kier molecular flexibility index (Phi) is 9.37. The molecule has 47 heavy (non-hydrogen) atoms. The summed E-state index contributed by atoms with van der Waals surface area (Å²) >= 11 is 0. The van der Waals surface area contributed by atoms with Crippen molar-refractivity contribution in [2.45, 2.75) is 57.8 Å². The predicted octanol–water partition coefficient (Wildman–Crippen LogP) is 5.93. The lowest BCUT2D eigenvalue weighted by Crippen LogP contribution is -2.49. The maximum Gasteiger partial charge on any atom is 0.408 e. The minimum Gasteiger partial charge on any atom is -0.467 e. The molecule has 5 rings (SSSR count). The van der Waals surface area contributed by atoms with Gasteiger partial charge in [-0.1, -0.05) is 18.2 Å². The van der Waals surface area contributed by atoms with E-state index in [9.17, 15) is 27.6 Å². The summed E-state index contributed by atoms with van der Waals surface area (Å²) in [5.41, 5.74) is 1.93. The topological polar surface area (TPSA) is 93.5 Å². The molecule has 13 heteroatoms. The largest absolute Gasteiger partial charge is 0.467 e. The van der Waals surface area contributed by atoms with Gasteiger partial charge >= 0.3 is 12.1 Å². The molecule has 2 aromatic heterocycles. The molecule has 1 amide bonds. The van der Waals surface area contributed by atoms with E-state index in [2.05, 4.69) is 10.3 Å². The Morgan fingerprint density at radius 1 is 1.09 bits per heavy atom. The first kappa shape index (κ1) is 33.6. The average Bonchev–Trinajstić information content (AvgIpc) is 3.03. The Bertz CT molecular complexity index is 1900. The van der Waals surface area contributed by atoms with Crippen molar-refractivity contribution < 1.29 is 36.3 Å². The predicted molar refractivity (Wildman–Crippen MR) is 166 cm³/mol. The van der Waals surface area contributed by atoms with Crippen molar-refractivity contribution in [3.63, 3.8) is 0 Å². The molecule has 0 radical (unpaired) electrons. The van der Waals surface area contributed by atoms with Gasteiger partial charge in [0, 0.05) is 48.5 Å². The smallest absolute Gasteiger partial charge is 0.408 e. The van der Waals surface area contributed by atoms with Crippen LogP contribution in [0.3, 0.4) is 0 Å². The van der Waals surface area contributed by atoms with Crippen LogP contribution in [0.4, 0.5) is 27.6 Å². The van der Waals surface area contributed by atoms with Crippen LogP contribution >= 0.6 is 0 Å². The summed E-state index contributed by atoms with van der Waals surface area (Å²) in [6, 6.07) is 6.72. The number of rotatable bonds is 7. The van der Waals surface area contributed by atoms with Gasteiger partial charge in [0.1, 0.15) is 29.3 Å². The van der Waals surface area contributed by atoms with Gasteiger partial charge in [0.25, 0.3) is 11.5 Å². The number of alkyl halides is 3. The van der Waals surface area contributed by atoms with E-state index in [0.717, 1.165) is 23.3 Å². The quantitative estimate of drug-likeness (QED) is 0.196. The van der Waals surface area contributed by atoms with Crippen molar-refractivity contribution in [1.82, 2.24) is 14.9 Å². The second-order valence-electron chi connectivity index (χ2n) is 11.7. The Morgan fingerprint density at radius 2 is 1.79 bits per heavy atom. The van der Waals surface area contributed by atoms with E-state index in [1.165, 1.54) is 4.57 Å². The van der Waals surface area contributed by atoms with Crippen molar-refractivity contribution in [2.24, 2.45) is 7.05 Å². The maximum absolute atomic E-state index is 15.3. The summed E-state index contributed by atoms with van der Waals surface area (Å²) in [6.07, 6.45) is -2.72. The number of hydrogen-bond donors (Lipinski definition) is 1. The van der Waals surface area contributed by atoms with Gasteiger partial charge in [-0.3, -0.25) is 14.6 Å². The molecule has 0 aliphatic carbocycles. The second kappa shape index (κ2) is 13.1. The van der Waals surface area contributed by atoms with Crippen LogP contribution in [0.2, 0.25) is 0 Å². The number of ether oxygens (including phenoxy) is 1. The number of nitrogens with zero attached hydrogens (tertiary/aromatic N) is 3.